The largest absolute Gasteiger partial charge is 0.396 e. The lowest BCUT2D eigenvalue weighted by Crippen LogP contribution is -2.11. The Hall–Kier alpha value is -1.45. The topological polar surface area (TPSA) is 127 Å². The normalized spacial score (nSPS) is 12.2. The summed E-state index contributed by atoms with van der Waals surface area (Å²) in [5.41, 5.74) is 2.06. The number of nitro groups is 1. The van der Waals surface area contributed by atoms with Crippen LogP contribution in [0.25, 0.3) is 0 Å². The first-order valence-electron chi connectivity index (χ1n) is 4.80. The molecule has 0 spiro atoms. The van der Waals surface area contributed by atoms with Crippen LogP contribution in [0.2, 0.25) is 0 Å². The fourth-order valence-corrected chi connectivity index (χ4v) is 1.91. The van der Waals surface area contributed by atoms with Crippen molar-refractivity contribution in [3.8, 4) is 0 Å². The number of hydrogen-bond acceptors (Lipinski definition) is 8. The third-order valence-corrected chi connectivity index (χ3v) is 3.19. The number of nitrogen functional groups attached to an aromatic ring is 1. The zero-order chi connectivity index (χ0) is 12.8. The highest BCUT2D eigenvalue weighted by molar-refractivity contribution is 7.99. The first kappa shape index (κ1) is 13.6. The van der Waals surface area contributed by atoms with Gasteiger partial charge in [0.2, 0.25) is 5.95 Å². The Labute approximate surface area is 102 Å². The molecule has 1 unspecified atom stereocenters. The van der Waals surface area contributed by atoms with Crippen LogP contribution in [0.1, 0.15) is 6.92 Å². The number of aliphatic hydroxyl groups is 1. The smallest absolute Gasteiger partial charge is 0.319 e. The van der Waals surface area contributed by atoms with Crippen molar-refractivity contribution in [2.24, 2.45) is 11.8 Å². The van der Waals surface area contributed by atoms with Gasteiger partial charge in [-0.05, 0) is 5.92 Å². The number of hydrazine groups is 1. The summed E-state index contributed by atoms with van der Waals surface area (Å²) in [4.78, 5) is 17.8. The molecule has 8 nitrogen and oxygen atoms in total. The predicted octanol–water partition coefficient (Wildman–Crippen LogP) is 0.391. The summed E-state index contributed by atoms with van der Waals surface area (Å²) in [5.74, 6) is 5.81. The minimum absolute atomic E-state index is 0.0217. The van der Waals surface area contributed by atoms with Crippen molar-refractivity contribution in [1.82, 2.24) is 9.97 Å². The summed E-state index contributed by atoms with van der Waals surface area (Å²) in [7, 11) is 0. The van der Waals surface area contributed by atoms with E-state index < -0.39 is 4.92 Å². The van der Waals surface area contributed by atoms with E-state index in [-0.39, 0.29) is 29.2 Å². The van der Waals surface area contributed by atoms with Crippen LogP contribution in [0, 0.1) is 16.0 Å². The van der Waals surface area contributed by atoms with Crippen molar-refractivity contribution in [3.63, 3.8) is 0 Å². The van der Waals surface area contributed by atoms with Crippen LogP contribution >= 0.6 is 11.8 Å². The number of nitrogens with one attached hydrogen (secondary N) is 1. The summed E-state index contributed by atoms with van der Waals surface area (Å²) in [6.45, 7) is 1.86. The molecular formula is C8H13N5O3S. The van der Waals surface area contributed by atoms with Crippen LogP contribution in [-0.4, -0.2) is 32.4 Å². The second-order valence-electron chi connectivity index (χ2n) is 3.38. The van der Waals surface area contributed by atoms with Gasteiger partial charge in [0.1, 0.15) is 6.20 Å². The Morgan fingerprint density at radius 2 is 2.47 bits per heavy atom. The molecule has 17 heavy (non-hydrogen) atoms. The highest BCUT2D eigenvalue weighted by atomic mass is 32.2. The molecule has 94 valence electrons. The first-order valence-corrected chi connectivity index (χ1v) is 5.78. The molecule has 0 aliphatic rings. The lowest BCUT2D eigenvalue weighted by molar-refractivity contribution is -0.388. The minimum Gasteiger partial charge on any atom is -0.396 e. The molecule has 0 saturated heterocycles. The monoisotopic (exact) mass is 259 g/mol. The van der Waals surface area contributed by atoms with Gasteiger partial charge in [0.15, 0.2) is 5.03 Å². The fraction of sp³-hybridized carbons (Fsp3) is 0.500. The molecule has 0 amide bonds. The van der Waals surface area contributed by atoms with Gasteiger partial charge in [0.05, 0.1) is 4.92 Å². The Kier molecular flexibility index (Phi) is 5.07. The average molecular weight is 259 g/mol. The number of hydrogen-bond donors (Lipinski definition) is 3. The van der Waals surface area contributed by atoms with Gasteiger partial charge in [0.25, 0.3) is 0 Å². The number of rotatable bonds is 6. The van der Waals surface area contributed by atoms with Crippen LogP contribution in [0.4, 0.5) is 11.6 Å². The molecule has 4 N–H and O–H groups in total. The van der Waals surface area contributed by atoms with E-state index in [9.17, 15) is 10.1 Å². The Bertz CT molecular complexity index is 403. The molecule has 0 aromatic carbocycles. The van der Waals surface area contributed by atoms with Crippen LogP contribution in [0.15, 0.2) is 11.2 Å². The summed E-state index contributed by atoms with van der Waals surface area (Å²) in [6.07, 6.45) is 1.11. The van der Waals surface area contributed by atoms with Gasteiger partial charge in [-0.1, -0.05) is 18.7 Å². The molecule has 1 aromatic rings. The second kappa shape index (κ2) is 6.33. The maximum Gasteiger partial charge on any atom is 0.319 e. The van der Waals surface area contributed by atoms with E-state index in [1.165, 1.54) is 11.8 Å². The SMILES string of the molecule is CC(CO)CSc1nc(NN)ncc1[N+](=O)[O-]. The summed E-state index contributed by atoms with van der Waals surface area (Å²) in [5, 5.41) is 19.9. The minimum atomic E-state index is -0.549. The standard InChI is InChI=1S/C8H13N5O3S/c1-5(3-14)4-17-7-6(13(15)16)2-10-8(11-7)12-9/h2,5,14H,3-4,9H2,1H3,(H,10,11,12). The van der Waals surface area contributed by atoms with E-state index >= 15 is 0 Å². The lowest BCUT2D eigenvalue weighted by atomic mass is 10.2. The molecule has 0 aliphatic heterocycles. The maximum absolute atomic E-state index is 10.7. The van der Waals surface area contributed by atoms with Gasteiger partial charge in [-0.3, -0.25) is 15.5 Å². The maximum atomic E-state index is 10.7. The van der Waals surface area contributed by atoms with Gasteiger partial charge < -0.3 is 5.11 Å². The molecule has 0 saturated carbocycles. The van der Waals surface area contributed by atoms with Crippen molar-refractivity contribution in [1.29, 1.82) is 0 Å². The number of anilines is 1. The number of nitrogens with zero attached hydrogens (tertiary/aromatic N) is 3. The number of nitrogens with two attached hydrogens (primary N) is 1. The molecule has 0 bridgehead atoms. The van der Waals surface area contributed by atoms with E-state index in [1.54, 1.807) is 0 Å². The van der Waals surface area contributed by atoms with E-state index in [1.807, 2.05) is 6.92 Å². The third-order valence-electron chi connectivity index (χ3n) is 1.88. The molecule has 0 fully saturated rings. The van der Waals surface area contributed by atoms with Crippen LogP contribution in [-0.2, 0) is 0 Å². The van der Waals surface area contributed by atoms with E-state index in [2.05, 4.69) is 15.4 Å². The van der Waals surface area contributed by atoms with E-state index in [0.717, 1.165) is 6.20 Å². The van der Waals surface area contributed by atoms with Gasteiger partial charge in [-0.15, -0.1) is 0 Å². The molecule has 9 heteroatoms. The second-order valence-corrected chi connectivity index (χ2v) is 4.39. The van der Waals surface area contributed by atoms with Crippen LogP contribution in [0.3, 0.4) is 0 Å². The van der Waals surface area contributed by atoms with Crippen LogP contribution < -0.4 is 11.3 Å². The average Bonchev–Trinajstić information content (AvgIpc) is 2.35. The van der Waals surface area contributed by atoms with E-state index in [0.29, 0.717) is 5.75 Å². The van der Waals surface area contributed by atoms with Gasteiger partial charge in [-0.25, -0.2) is 10.8 Å². The highest BCUT2D eigenvalue weighted by Gasteiger charge is 2.18. The molecule has 0 radical (unpaired) electrons. The van der Waals surface area contributed by atoms with Crippen molar-refractivity contribution in [3.05, 3.63) is 16.3 Å². The Morgan fingerprint density at radius 3 is 3.00 bits per heavy atom. The fourth-order valence-electron chi connectivity index (χ4n) is 0.935. The Balaban J connectivity index is 2.89. The number of thioether (sulfide) groups is 1. The predicted molar refractivity (Wildman–Crippen MR) is 63.5 cm³/mol. The lowest BCUT2D eigenvalue weighted by Gasteiger charge is -2.07. The molecule has 1 rings (SSSR count). The Morgan fingerprint density at radius 1 is 1.76 bits per heavy atom. The molecular weight excluding hydrogens is 246 g/mol. The zero-order valence-electron chi connectivity index (χ0n) is 9.16. The van der Waals surface area contributed by atoms with Crippen molar-refractivity contribution in [2.75, 3.05) is 17.8 Å². The summed E-state index contributed by atoms with van der Waals surface area (Å²) in [6, 6.07) is 0. The van der Waals surface area contributed by atoms with Crippen LogP contribution in [0.5, 0.6) is 0 Å². The zero-order valence-corrected chi connectivity index (χ0v) is 9.98. The number of aliphatic hydroxyl groups excluding tert-OH is 1. The van der Waals surface area contributed by atoms with Crippen molar-refractivity contribution < 1.29 is 10.0 Å². The first-order chi connectivity index (χ1) is 8.08. The highest BCUT2D eigenvalue weighted by Crippen LogP contribution is 2.28. The van der Waals surface area contributed by atoms with Gasteiger partial charge >= 0.3 is 5.69 Å². The summed E-state index contributed by atoms with van der Waals surface area (Å²) >= 11 is 1.19. The van der Waals surface area contributed by atoms with Gasteiger partial charge in [-0.2, -0.15) is 4.98 Å². The number of aromatic nitrogens is 2. The molecule has 1 heterocycles. The van der Waals surface area contributed by atoms with Crippen molar-refractivity contribution >= 4 is 23.4 Å². The summed E-state index contributed by atoms with van der Waals surface area (Å²) < 4.78 is 0. The molecule has 1 atom stereocenters. The quantitative estimate of drug-likeness (QED) is 0.220. The molecule has 1 aromatic heterocycles. The van der Waals surface area contributed by atoms with Crippen molar-refractivity contribution in [2.45, 2.75) is 11.9 Å². The third kappa shape index (κ3) is 3.80. The molecule has 0 aliphatic carbocycles. The van der Waals surface area contributed by atoms with E-state index in [4.69, 9.17) is 10.9 Å². The van der Waals surface area contributed by atoms with Gasteiger partial charge in [0, 0.05) is 12.4 Å².